The van der Waals surface area contributed by atoms with Crippen molar-refractivity contribution in [3.8, 4) is 5.75 Å². The van der Waals surface area contributed by atoms with E-state index < -0.39 is 0 Å². The zero-order valence-electron chi connectivity index (χ0n) is 18.7. The lowest BCUT2D eigenvalue weighted by molar-refractivity contribution is 0.102. The van der Waals surface area contributed by atoms with Gasteiger partial charge in [0.2, 0.25) is 0 Å². The first-order valence-electron chi connectivity index (χ1n) is 10.6. The highest BCUT2D eigenvalue weighted by atomic mass is 35.5. The SMILES string of the molecule is COc1ccc2c(c1)/C(=C/C(=O)c1cccc(NC(=O)c3cccc(Cl)c3)c1)NC(C)(C)C2. The molecule has 5 nitrogen and oxygen atoms in total. The molecule has 1 heterocycles. The molecule has 168 valence electrons. The largest absolute Gasteiger partial charge is 0.497 e. The van der Waals surface area contributed by atoms with E-state index in [-0.39, 0.29) is 17.2 Å². The maximum Gasteiger partial charge on any atom is 0.255 e. The van der Waals surface area contributed by atoms with E-state index in [0.717, 1.165) is 29.0 Å². The monoisotopic (exact) mass is 460 g/mol. The van der Waals surface area contributed by atoms with Crippen LogP contribution in [0, 0.1) is 0 Å². The fourth-order valence-electron chi connectivity index (χ4n) is 3.95. The number of hydrogen-bond acceptors (Lipinski definition) is 4. The van der Waals surface area contributed by atoms with Gasteiger partial charge in [-0.3, -0.25) is 9.59 Å². The predicted octanol–water partition coefficient (Wildman–Crippen LogP) is 5.75. The summed E-state index contributed by atoms with van der Waals surface area (Å²) in [6.07, 6.45) is 2.44. The third kappa shape index (κ3) is 5.26. The Morgan fingerprint density at radius 2 is 1.79 bits per heavy atom. The van der Waals surface area contributed by atoms with Crippen LogP contribution in [0.25, 0.3) is 5.70 Å². The van der Waals surface area contributed by atoms with E-state index in [1.165, 1.54) is 0 Å². The van der Waals surface area contributed by atoms with Gasteiger partial charge >= 0.3 is 0 Å². The van der Waals surface area contributed by atoms with Crippen molar-refractivity contribution >= 4 is 34.7 Å². The summed E-state index contributed by atoms with van der Waals surface area (Å²) in [5.41, 5.74) is 4.11. The van der Waals surface area contributed by atoms with Gasteiger partial charge in [-0.25, -0.2) is 0 Å². The summed E-state index contributed by atoms with van der Waals surface area (Å²) in [4.78, 5) is 25.7. The van der Waals surface area contributed by atoms with Crippen LogP contribution >= 0.6 is 11.6 Å². The van der Waals surface area contributed by atoms with Crippen molar-refractivity contribution < 1.29 is 14.3 Å². The van der Waals surface area contributed by atoms with Crippen LogP contribution in [-0.4, -0.2) is 24.3 Å². The van der Waals surface area contributed by atoms with Gasteiger partial charge in [-0.05, 0) is 68.3 Å². The molecule has 0 fully saturated rings. The van der Waals surface area contributed by atoms with Gasteiger partial charge in [0, 0.05) is 44.7 Å². The number of anilines is 1. The molecule has 0 bridgehead atoms. The third-order valence-corrected chi connectivity index (χ3v) is 5.71. The Morgan fingerprint density at radius 1 is 1.03 bits per heavy atom. The Kier molecular flexibility index (Phi) is 6.25. The molecule has 0 aliphatic carbocycles. The average molecular weight is 461 g/mol. The maximum atomic E-state index is 13.2. The van der Waals surface area contributed by atoms with Crippen LogP contribution in [0.1, 0.15) is 45.7 Å². The van der Waals surface area contributed by atoms with E-state index in [2.05, 4.69) is 24.5 Å². The molecule has 33 heavy (non-hydrogen) atoms. The average Bonchev–Trinajstić information content (AvgIpc) is 2.78. The van der Waals surface area contributed by atoms with Gasteiger partial charge in [-0.2, -0.15) is 0 Å². The second kappa shape index (κ2) is 9.12. The summed E-state index contributed by atoms with van der Waals surface area (Å²) in [6, 6.07) is 19.5. The summed E-state index contributed by atoms with van der Waals surface area (Å²) < 4.78 is 5.38. The Hall–Kier alpha value is -3.57. The molecule has 0 unspecified atom stereocenters. The van der Waals surface area contributed by atoms with Crippen LogP contribution in [0.5, 0.6) is 5.75 Å². The van der Waals surface area contributed by atoms with Crippen LogP contribution in [0.3, 0.4) is 0 Å². The molecular weight excluding hydrogens is 436 g/mol. The number of hydrogen-bond donors (Lipinski definition) is 2. The number of halogens is 1. The van der Waals surface area contributed by atoms with Crippen LogP contribution in [-0.2, 0) is 6.42 Å². The molecule has 0 atom stereocenters. The van der Waals surface area contributed by atoms with Crippen molar-refractivity contribution in [3.63, 3.8) is 0 Å². The number of benzene rings is 3. The third-order valence-electron chi connectivity index (χ3n) is 5.48. The number of methoxy groups -OCH3 is 1. The van der Waals surface area contributed by atoms with E-state index in [1.54, 1.807) is 61.7 Å². The second-order valence-corrected chi connectivity index (χ2v) is 9.11. The van der Waals surface area contributed by atoms with E-state index in [1.807, 2.05) is 18.2 Å². The molecule has 0 saturated heterocycles. The summed E-state index contributed by atoms with van der Waals surface area (Å²) >= 11 is 5.98. The molecular formula is C27H25ClN2O3. The van der Waals surface area contributed by atoms with Gasteiger partial charge in [0.15, 0.2) is 5.78 Å². The molecule has 1 aliphatic heterocycles. The van der Waals surface area contributed by atoms with Crippen molar-refractivity contribution in [2.45, 2.75) is 25.8 Å². The quantitative estimate of drug-likeness (QED) is 0.376. The zero-order chi connectivity index (χ0) is 23.6. The van der Waals surface area contributed by atoms with Crippen LogP contribution in [0.2, 0.25) is 5.02 Å². The minimum Gasteiger partial charge on any atom is -0.497 e. The highest BCUT2D eigenvalue weighted by molar-refractivity contribution is 6.31. The van der Waals surface area contributed by atoms with Crippen molar-refractivity contribution in [1.82, 2.24) is 5.32 Å². The molecule has 0 aromatic heterocycles. The van der Waals surface area contributed by atoms with Gasteiger partial charge in [0.05, 0.1) is 7.11 Å². The van der Waals surface area contributed by atoms with Gasteiger partial charge in [0.1, 0.15) is 5.75 Å². The number of ketones is 1. The Balaban J connectivity index is 1.61. The number of rotatable bonds is 5. The number of fused-ring (bicyclic) bond motifs is 1. The molecule has 1 aliphatic rings. The molecule has 0 saturated carbocycles. The number of nitrogens with one attached hydrogen (secondary N) is 2. The van der Waals surface area contributed by atoms with E-state index in [9.17, 15) is 9.59 Å². The Bertz CT molecular complexity index is 1260. The normalized spacial score (nSPS) is 15.3. The molecule has 3 aromatic rings. The van der Waals surface area contributed by atoms with Gasteiger partial charge in [-0.1, -0.05) is 35.9 Å². The van der Waals surface area contributed by atoms with Crippen molar-refractivity contribution in [1.29, 1.82) is 0 Å². The molecule has 3 aromatic carbocycles. The lowest BCUT2D eigenvalue weighted by atomic mass is 9.85. The summed E-state index contributed by atoms with van der Waals surface area (Å²) in [5.74, 6) is 0.277. The first-order valence-corrected chi connectivity index (χ1v) is 11.0. The molecule has 0 spiro atoms. The molecule has 1 amide bonds. The summed E-state index contributed by atoms with van der Waals surface area (Å²) in [7, 11) is 1.62. The van der Waals surface area contributed by atoms with E-state index in [4.69, 9.17) is 16.3 Å². The fraction of sp³-hybridized carbons (Fsp3) is 0.185. The molecule has 0 radical (unpaired) electrons. The first kappa shape index (κ1) is 22.6. The number of allylic oxidation sites excluding steroid dienone is 1. The number of carbonyl (C=O) groups is 2. The topological polar surface area (TPSA) is 67.4 Å². The zero-order valence-corrected chi connectivity index (χ0v) is 19.5. The summed E-state index contributed by atoms with van der Waals surface area (Å²) in [6.45, 7) is 4.20. The van der Waals surface area contributed by atoms with Gasteiger partial charge < -0.3 is 15.4 Å². The predicted molar refractivity (Wildman–Crippen MR) is 132 cm³/mol. The number of carbonyl (C=O) groups excluding carboxylic acids is 2. The van der Waals surface area contributed by atoms with Crippen LogP contribution < -0.4 is 15.4 Å². The lowest BCUT2D eigenvalue weighted by Gasteiger charge is -2.35. The fourth-order valence-corrected chi connectivity index (χ4v) is 4.14. The maximum absolute atomic E-state index is 13.2. The van der Waals surface area contributed by atoms with Crippen LogP contribution in [0.4, 0.5) is 5.69 Å². The molecule has 2 N–H and O–H groups in total. The Labute approximate surface area is 198 Å². The first-order chi connectivity index (χ1) is 15.7. The minimum atomic E-state index is -0.294. The second-order valence-electron chi connectivity index (χ2n) is 8.68. The number of ether oxygens (including phenoxy) is 1. The highest BCUT2D eigenvalue weighted by Crippen LogP contribution is 2.32. The van der Waals surface area contributed by atoms with Crippen LogP contribution in [0.15, 0.2) is 72.8 Å². The minimum absolute atomic E-state index is 0.164. The smallest absolute Gasteiger partial charge is 0.255 e. The highest BCUT2D eigenvalue weighted by Gasteiger charge is 2.28. The molecule has 4 rings (SSSR count). The van der Waals surface area contributed by atoms with Crippen molar-refractivity contribution in [2.75, 3.05) is 12.4 Å². The van der Waals surface area contributed by atoms with Crippen molar-refractivity contribution in [3.05, 3.63) is 100 Å². The van der Waals surface area contributed by atoms with Gasteiger partial charge in [0.25, 0.3) is 5.91 Å². The number of amides is 1. The van der Waals surface area contributed by atoms with Gasteiger partial charge in [-0.15, -0.1) is 0 Å². The van der Waals surface area contributed by atoms with Crippen molar-refractivity contribution in [2.24, 2.45) is 0 Å². The standard InChI is InChI=1S/C27H25ClN2O3/c1-27(2)16-19-10-11-22(33-3)14-23(19)24(30-27)15-25(31)17-6-5-9-21(13-17)29-26(32)18-7-4-8-20(28)12-18/h4-15,30H,16H2,1-3H3,(H,29,32)/b24-15-. The summed E-state index contributed by atoms with van der Waals surface area (Å²) in [5, 5.41) is 6.79. The Morgan fingerprint density at radius 3 is 2.55 bits per heavy atom. The molecule has 6 heteroatoms. The van der Waals surface area contributed by atoms with E-state index in [0.29, 0.717) is 21.8 Å². The lowest BCUT2D eigenvalue weighted by Crippen LogP contribution is -2.43. The van der Waals surface area contributed by atoms with E-state index >= 15 is 0 Å².